The molecular formula is C18H23F2NO2S. The predicted molar refractivity (Wildman–Crippen MR) is 88.6 cm³/mol. The van der Waals surface area contributed by atoms with Crippen molar-refractivity contribution in [2.75, 3.05) is 19.7 Å². The maximum atomic E-state index is 14.0. The fourth-order valence-corrected chi connectivity index (χ4v) is 4.97. The summed E-state index contributed by atoms with van der Waals surface area (Å²) in [6, 6.07) is 1.97. The molecule has 1 aliphatic carbocycles. The standard InChI is InChI=1S/C18H23F2NO2S/c1-12-8-13(10-24-12)15-9-18(19,20)3-2-14(15)16(22)21-6-4-17(5-7-21)11-23-17/h8,10,14-15H,2-7,9,11H2,1H3/t14-,15+/m1/s1. The molecule has 132 valence electrons. The number of carbonyl (C=O) groups is 1. The third kappa shape index (κ3) is 3.10. The number of thiophene rings is 1. The van der Waals surface area contributed by atoms with Gasteiger partial charge in [-0.3, -0.25) is 4.79 Å². The van der Waals surface area contributed by atoms with E-state index in [4.69, 9.17) is 4.74 Å². The van der Waals surface area contributed by atoms with Crippen LogP contribution in [0.15, 0.2) is 11.4 Å². The third-order valence-electron chi connectivity index (χ3n) is 5.86. The summed E-state index contributed by atoms with van der Waals surface area (Å²) >= 11 is 1.57. The normalized spacial score (nSPS) is 31.2. The van der Waals surface area contributed by atoms with Gasteiger partial charge in [-0.1, -0.05) is 0 Å². The highest BCUT2D eigenvalue weighted by molar-refractivity contribution is 7.10. The molecule has 0 aromatic carbocycles. The average molecular weight is 355 g/mol. The number of halogens is 2. The Balaban J connectivity index is 1.51. The molecule has 1 spiro atoms. The molecule has 0 N–H and O–H groups in total. The Hall–Kier alpha value is -1.01. The van der Waals surface area contributed by atoms with Crippen molar-refractivity contribution in [2.24, 2.45) is 5.92 Å². The lowest BCUT2D eigenvalue weighted by Crippen LogP contribution is -2.47. The fourth-order valence-electron chi connectivity index (χ4n) is 4.20. The number of piperidine rings is 1. The Morgan fingerprint density at radius 2 is 2.04 bits per heavy atom. The number of nitrogens with zero attached hydrogens (tertiary/aromatic N) is 1. The molecular weight excluding hydrogens is 332 g/mol. The molecule has 2 saturated heterocycles. The first-order valence-corrected chi connectivity index (χ1v) is 9.61. The zero-order valence-corrected chi connectivity index (χ0v) is 14.7. The van der Waals surface area contributed by atoms with Gasteiger partial charge < -0.3 is 9.64 Å². The maximum Gasteiger partial charge on any atom is 0.248 e. The molecule has 0 unspecified atom stereocenters. The van der Waals surface area contributed by atoms with Crippen LogP contribution < -0.4 is 0 Å². The molecule has 4 rings (SSSR count). The molecule has 3 fully saturated rings. The van der Waals surface area contributed by atoms with Gasteiger partial charge in [0, 0.05) is 42.6 Å². The number of likely N-dealkylation sites (tertiary alicyclic amines) is 1. The highest BCUT2D eigenvalue weighted by Gasteiger charge is 2.50. The highest BCUT2D eigenvalue weighted by atomic mass is 32.1. The van der Waals surface area contributed by atoms with Gasteiger partial charge in [-0.2, -0.15) is 0 Å². The van der Waals surface area contributed by atoms with Crippen molar-refractivity contribution < 1.29 is 18.3 Å². The zero-order valence-electron chi connectivity index (χ0n) is 13.9. The molecule has 6 heteroatoms. The van der Waals surface area contributed by atoms with Crippen molar-refractivity contribution >= 4 is 17.2 Å². The highest BCUT2D eigenvalue weighted by Crippen LogP contribution is 2.47. The van der Waals surface area contributed by atoms with E-state index in [9.17, 15) is 13.6 Å². The molecule has 3 nitrogen and oxygen atoms in total. The smallest absolute Gasteiger partial charge is 0.248 e. The van der Waals surface area contributed by atoms with E-state index in [2.05, 4.69) is 0 Å². The molecule has 0 radical (unpaired) electrons. The number of epoxide rings is 1. The fraction of sp³-hybridized carbons (Fsp3) is 0.722. The molecule has 3 heterocycles. The van der Waals surface area contributed by atoms with Crippen LogP contribution in [0.25, 0.3) is 0 Å². The second kappa shape index (κ2) is 5.77. The number of rotatable bonds is 2. The van der Waals surface area contributed by atoms with E-state index < -0.39 is 5.92 Å². The molecule has 1 aromatic rings. The molecule has 2 aliphatic heterocycles. The minimum Gasteiger partial charge on any atom is -0.369 e. The lowest BCUT2D eigenvalue weighted by Gasteiger charge is -2.39. The summed E-state index contributed by atoms with van der Waals surface area (Å²) in [4.78, 5) is 16.0. The van der Waals surface area contributed by atoms with E-state index in [1.165, 1.54) is 0 Å². The summed E-state index contributed by atoms with van der Waals surface area (Å²) in [6.45, 7) is 4.18. The zero-order chi connectivity index (χ0) is 16.9. The number of aryl methyl sites for hydroxylation is 1. The second-order valence-corrected chi connectivity index (χ2v) is 8.71. The number of alkyl halides is 2. The van der Waals surface area contributed by atoms with Crippen LogP contribution in [0.1, 0.15) is 48.5 Å². The van der Waals surface area contributed by atoms with Crippen LogP contribution in [-0.2, 0) is 9.53 Å². The van der Waals surface area contributed by atoms with Crippen LogP contribution in [0.3, 0.4) is 0 Å². The van der Waals surface area contributed by atoms with Crippen molar-refractivity contribution in [1.82, 2.24) is 4.90 Å². The monoisotopic (exact) mass is 355 g/mol. The van der Waals surface area contributed by atoms with Gasteiger partial charge in [0.1, 0.15) is 0 Å². The van der Waals surface area contributed by atoms with Gasteiger partial charge in [-0.25, -0.2) is 8.78 Å². The Bertz CT molecular complexity index is 631. The summed E-state index contributed by atoms with van der Waals surface area (Å²) in [6.07, 6.45) is 1.65. The van der Waals surface area contributed by atoms with Crippen LogP contribution in [0.5, 0.6) is 0 Å². The number of carbonyl (C=O) groups excluding carboxylic acids is 1. The molecule has 2 atom stereocenters. The minimum absolute atomic E-state index is 0.0280. The Kier molecular flexibility index (Phi) is 3.95. The maximum absolute atomic E-state index is 14.0. The Morgan fingerprint density at radius 1 is 1.33 bits per heavy atom. The van der Waals surface area contributed by atoms with Crippen LogP contribution in [0.2, 0.25) is 0 Å². The predicted octanol–water partition coefficient (Wildman–Crippen LogP) is 3.97. The van der Waals surface area contributed by atoms with Gasteiger partial charge >= 0.3 is 0 Å². The van der Waals surface area contributed by atoms with Crippen molar-refractivity contribution in [1.29, 1.82) is 0 Å². The topological polar surface area (TPSA) is 32.8 Å². The summed E-state index contributed by atoms with van der Waals surface area (Å²) in [5.74, 6) is -3.27. The van der Waals surface area contributed by atoms with Crippen LogP contribution in [0.4, 0.5) is 8.78 Å². The van der Waals surface area contributed by atoms with E-state index >= 15 is 0 Å². The van der Waals surface area contributed by atoms with Crippen LogP contribution >= 0.6 is 11.3 Å². The lowest BCUT2D eigenvalue weighted by atomic mass is 9.73. The van der Waals surface area contributed by atoms with Crippen molar-refractivity contribution in [3.8, 4) is 0 Å². The largest absolute Gasteiger partial charge is 0.369 e. The first-order valence-electron chi connectivity index (χ1n) is 8.73. The molecule has 1 amide bonds. The number of hydrogen-bond acceptors (Lipinski definition) is 3. The van der Waals surface area contributed by atoms with Gasteiger partial charge in [-0.05, 0) is 43.2 Å². The lowest BCUT2D eigenvalue weighted by molar-refractivity contribution is -0.142. The minimum atomic E-state index is -2.66. The summed E-state index contributed by atoms with van der Waals surface area (Å²) < 4.78 is 33.5. The van der Waals surface area contributed by atoms with Gasteiger partial charge in [-0.15, -0.1) is 11.3 Å². The summed E-state index contributed by atoms with van der Waals surface area (Å²) in [5, 5.41) is 1.95. The molecule has 0 bridgehead atoms. The quantitative estimate of drug-likeness (QED) is 0.752. The number of amides is 1. The van der Waals surface area contributed by atoms with Crippen molar-refractivity contribution in [3.63, 3.8) is 0 Å². The van der Waals surface area contributed by atoms with E-state index in [1.807, 2.05) is 23.3 Å². The van der Waals surface area contributed by atoms with E-state index in [-0.39, 0.29) is 42.6 Å². The van der Waals surface area contributed by atoms with E-state index in [0.29, 0.717) is 13.1 Å². The van der Waals surface area contributed by atoms with Gasteiger partial charge in [0.2, 0.25) is 11.8 Å². The van der Waals surface area contributed by atoms with Gasteiger partial charge in [0.25, 0.3) is 0 Å². The average Bonchev–Trinajstić information content (AvgIpc) is 3.15. The summed E-state index contributed by atoms with van der Waals surface area (Å²) in [7, 11) is 0. The van der Waals surface area contributed by atoms with E-state index in [0.717, 1.165) is 29.9 Å². The number of ether oxygens (including phenoxy) is 1. The summed E-state index contributed by atoms with van der Waals surface area (Å²) in [5.41, 5.74) is 0.939. The third-order valence-corrected chi connectivity index (χ3v) is 6.74. The van der Waals surface area contributed by atoms with Crippen LogP contribution in [0, 0.1) is 12.8 Å². The van der Waals surface area contributed by atoms with Crippen LogP contribution in [-0.4, -0.2) is 42.0 Å². The molecule has 1 saturated carbocycles. The first kappa shape index (κ1) is 16.5. The van der Waals surface area contributed by atoms with E-state index in [1.54, 1.807) is 11.3 Å². The first-order chi connectivity index (χ1) is 11.4. The SMILES string of the molecule is Cc1cc([C@@H]2CC(F)(F)CC[C@H]2C(=O)N2CCC3(CC2)CO3)cs1. The van der Waals surface area contributed by atoms with Crippen molar-refractivity contribution in [3.05, 3.63) is 21.9 Å². The Labute approximate surface area is 145 Å². The number of hydrogen-bond donors (Lipinski definition) is 0. The second-order valence-electron chi connectivity index (χ2n) is 7.60. The van der Waals surface area contributed by atoms with Gasteiger partial charge in [0.15, 0.2) is 0 Å². The Morgan fingerprint density at radius 3 is 2.62 bits per heavy atom. The molecule has 1 aromatic heterocycles. The molecule has 24 heavy (non-hydrogen) atoms. The molecule has 3 aliphatic rings. The van der Waals surface area contributed by atoms with Crippen molar-refractivity contribution in [2.45, 2.75) is 56.5 Å². The van der Waals surface area contributed by atoms with Gasteiger partial charge in [0.05, 0.1) is 12.2 Å².